The summed E-state index contributed by atoms with van der Waals surface area (Å²) < 4.78 is 18.8. The van der Waals surface area contributed by atoms with Gasteiger partial charge in [-0.15, -0.1) is 0 Å². The fraction of sp³-hybridized carbons (Fsp3) is 0.143. The van der Waals surface area contributed by atoms with E-state index in [9.17, 15) is 4.39 Å². The van der Waals surface area contributed by atoms with E-state index in [2.05, 4.69) is 0 Å². The summed E-state index contributed by atoms with van der Waals surface area (Å²) in [6, 6.07) is 11.7. The fourth-order valence-corrected chi connectivity index (χ4v) is 1.77. The highest BCUT2D eigenvalue weighted by Gasteiger charge is 2.07. The molecule has 94 valence electrons. The Balaban J connectivity index is 2.14. The van der Waals surface area contributed by atoms with E-state index in [4.69, 9.17) is 21.4 Å². The number of halogens is 2. The zero-order chi connectivity index (χ0) is 13.0. The molecule has 0 aliphatic rings. The van der Waals surface area contributed by atoms with Crippen molar-refractivity contribution in [2.45, 2.75) is 13.2 Å². The van der Waals surface area contributed by atoms with Crippen molar-refractivity contribution in [1.29, 1.82) is 0 Å². The van der Waals surface area contributed by atoms with E-state index in [1.807, 2.05) is 12.1 Å². The van der Waals surface area contributed by atoms with Gasteiger partial charge in [0.05, 0.1) is 11.6 Å². The van der Waals surface area contributed by atoms with Crippen LogP contribution in [-0.2, 0) is 13.2 Å². The third kappa shape index (κ3) is 2.81. The lowest BCUT2D eigenvalue weighted by Gasteiger charge is -2.11. The molecule has 0 unspecified atom stereocenters. The molecule has 0 radical (unpaired) electrons. The van der Waals surface area contributed by atoms with Crippen molar-refractivity contribution >= 4 is 11.6 Å². The van der Waals surface area contributed by atoms with Gasteiger partial charge in [-0.1, -0.05) is 41.9 Å². The summed E-state index contributed by atoms with van der Waals surface area (Å²) in [7, 11) is 0. The van der Waals surface area contributed by atoms with Crippen molar-refractivity contribution in [2.24, 2.45) is 0 Å². The Labute approximate surface area is 110 Å². The Morgan fingerprint density at radius 2 is 1.78 bits per heavy atom. The molecule has 0 aliphatic carbocycles. The maximum absolute atomic E-state index is 13.2. The van der Waals surface area contributed by atoms with Crippen LogP contribution in [0.2, 0.25) is 5.02 Å². The molecular weight excluding hydrogens is 255 g/mol. The summed E-state index contributed by atoms with van der Waals surface area (Å²) in [5.74, 6) is 0.105. The van der Waals surface area contributed by atoms with E-state index >= 15 is 0 Å². The van der Waals surface area contributed by atoms with Gasteiger partial charge in [-0.05, 0) is 12.1 Å². The molecule has 0 bridgehead atoms. The van der Waals surface area contributed by atoms with Crippen molar-refractivity contribution in [2.75, 3.05) is 0 Å². The molecule has 0 saturated heterocycles. The number of aliphatic hydroxyl groups excluding tert-OH is 1. The van der Waals surface area contributed by atoms with Crippen LogP contribution in [-0.4, -0.2) is 5.11 Å². The first-order chi connectivity index (χ1) is 8.72. The standard InChI is InChI=1S/C14H12ClFO2/c15-14-11(5-3-6-12(14)16)9-18-13-7-2-1-4-10(13)8-17/h1-7,17H,8-9H2. The zero-order valence-electron chi connectivity index (χ0n) is 9.57. The van der Waals surface area contributed by atoms with Gasteiger partial charge in [0.1, 0.15) is 18.2 Å². The Hall–Kier alpha value is -1.58. The van der Waals surface area contributed by atoms with Crippen molar-refractivity contribution in [3.63, 3.8) is 0 Å². The highest BCUT2D eigenvalue weighted by Crippen LogP contribution is 2.23. The lowest BCUT2D eigenvalue weighted by Crippen LogP contribution is -2.00. The highest BCUT2D eigenvalue weighted by atomic mass is 35.5. The van der Waals surface area contributed by atoms with Crippen LogP contribution in [0.15, 0.2) is 42.5 Å². The number of hydrogen-bond donors (Lipinski definition) is 1. The molecule has 2 aromatic rings. The van der Waals surface area contributed by atoms with Gasteiger partial charge in [0.15, 0.2) is 0 Å². The first-order valence-electron chi connectivity index (χ1n) is 5.47. The molecule has 0 saturated carbocycles. The molecule has 2 aromatic carbocycles. The maximum atomic E-state index is 13.2. The average Bonchev–Trinajstić information content (AvgIpc) is 2.41. The molecule has 18 heavy (non-hydrogen) atoms. The number of para-hydroxylation sites is 1. The van der Waals surface area contributed by atoms with Crippen LogP contribution >= 0.6 is 11.6 Å². The lowest BCUT2D eigenvalue weighted by molar-refractivity contribution is 0.259. The van der Waals surface area contributed by atoms with Gasteiger partial charge in [-0.25, -0.2) is 4.39 Å². The Kier molecular flexibility index (Phi) is 4.18. The Morgan fingerprint density at radius 3 is 2.56 bits per heavy atom. The van der Waals surface area contributed by atoms with Crippen molar-refractivity contribution < 1.29 is 14.2 Å². The largest absolute Gasteiger partial charge is 0.488 e. The van der Waals surface area contributed by atoms with E-state index in [0.717, 1.165) is 0 Å². The predicted molar refractivity (Wildman–Crippen MR) is 68.1 cm³/mol. The summed E-state index contributed by atoms with van der Waals surface area (Å²) in [6.07, 6.45) is 0. The highest BCUT2D eigenvalue weighted by molar-refractivity contribution is 6.31. The quantitative estimate of drug-likeness (QED) is 0.917. The molecule has 1 N–H and O–H groups in total. The minimum absolute atomic E-state index is 0.0685. The van der Waals surface area contributed by atoms with Gasteiger partial charge < -0.3 is 9.84 Å². The smallest absolute Gasteiger partial charge is 0.142 e. The molecule has 0 amide bonds. The van der Waals surface area contributed by atoms with Gasteiger partial charge in [0.25, 0.3) is 0 Å². The minimum atomic E-state index is -0.465. The summed E-state index contributed by atoms with van der Waals surface area (Å²) in [6.45, 7) is 0.0562. The van der Waals surface area contributed by atoms with Crippen LogP contribution in [0.1, 0.15) is 11.1 Å². The van der Waals surface area contributed by atoms with Crippen LogP contribution in [0, 0.1) is 5.82 Å². The number of benzene rings is 2. The molecule has 2 rings (SSSR count). The van der Waals surface area contributed by atoms with Gasteiger partial charge in [0.2, 0.25) is 0 Å². The Morgan fingerprint density at radius 1 is 1.06 bits per heavy atom. The molecule has 0 heterocycles. The fourth-order valence-electron chi connectivity index (χ4n) is 1.59. The van der Waals surface area contributed by atoms with Crippen LogP contribution in [0.4, 0.5) is 4.39 Å². The SMILES string of the molecule is OCc1ccccc1OCc1cccc(F)c1Cl. The maximum Gasteiger partial charge on any atom is 0.142 e. The summed E-state index contributed by atoms with van der Waals surface area (Å²) in [5.41, 5.74) is 1.26. The van der Waals surface area contributed by atoms with Gasteiger partial charge >= 0.3 is 0 Å². The summed E-state index contributed by atoms with van der Waals surface area (Å²) in [4.78, 5) is 0. The second-order valence-electron chi connectivity index (χ2n) is 3.77. The van der Waals surface area contributed by atoms with Crippen molar-refractivity contribution in [3.8, 4) is 5.75 Å². The van der Waals surface area contributed by atoms with Gasteiger partial charge in [0, 0.05) is 11.1 Å². The van der Waals surface area contributed by atoms with E-state index < -0.39 is 5.82 Å². The van der Waals surface area contributed by atoms with Crippen LogP contribution < -0.4 is 4.74 Å². The topological polar surface area (TPSA) is 29.5 Å². The molecule has 2 nitrogen and oxygen atoms in total. The van der Waals surface area contributed by atoms with Crippen molar-refractivity contribution in [1.82, 2.24) is 0 Å². The van der Waals surface area contributed by atoms with E-state index in [-0.39, 0.29) is 18.2 Å². The second-order valence-corrected chi connectivity index (χ2v) is 4.15. The normalized spacial score (nSPS) is 10.4. The number of ether oxygens (including phenoxy) is 1. The van der Waals surface area contributed by atoms with Gasteiger partial charge in [-0.2, -0.15) is 0 Å². The molecule has 0 spiro atoms. The van der Waals surface area contributed by atoms with Crippen molar-refractivity contribution in [3.05, 3.63) is 64.4 Å². The first kappa shape index (κ1) is 12.9. The first-order valence-corrected chi connectivity index (χ1v) is 5.84. The van der Waals surface area contributed by atoms with E-state index in [0.29, 0.717) is 16.9 Å². The van der Waals surface area contributed by atoms with E-state index in [1.165, 1.54) is 6.07 Å². The molecule has 0 aromatic heterocycles. The average molecular weight is 267 g/mol. The third-order valence-corrected chi connectivity index (χ3v) is 2.98. The molecule has 4 heteroatoms. The monoisotopic (exact) mass is 266 g/mol. The molecule has 0 fully saturated rings. The predicted octanol–water partition coefficient (Wildman–Crippen LogP) is 3.55. The number of aliphatic hydroxyl groups is 1. The van der Waals surface area contributed by atoms with Crippen LogP contribution in [0.5, 0.6) is 5.75 Å². The number of hydrogen-bond acceptors (Lipinski definition) is 2. The van der Waals surface area contributed by atoms with Crippen LogP contribution in [0.3, 0.4) is 0 Å². The Bertz CT molecular complexity index is 543. The summed E-state index contributed by atoms with van der Waals surface area (Å²) in [5, 5.41) is 9.22. The second kappa shape index (κ2) is 5.85. The number of rotatable bonds is 4. The lowest BCUT2D eigenvalue weighted by atomic mass is 10.2. The van der Waals surface area contributed by atoms with Gasteiger partial charge in [-0.3, -0.25) is 0 Å². The molecule has 0 atom stereocenters. The molecular formula is C14H12ClFO2. The third-order valence-electron chi connectivity index (χ3n) is 2.56. The van der Waals surface area contributed by atoms with Crippen LogP contribution in [0.25, 0.3) is 0 Å². The van der Waals surface area contributed by atoms with E-state index in [1.54, 1.807) is 24.3 Å². The zero-order valence-corrected chi connectivity index (χ0v) is 10.3. The summed E-state index contributed by atoms with van der Waals surface area (Å²) >= 11 is 5.83. The molecule has 0 aliphatic heterocycles. The minimum Gasteiger partial charge on any atom is -0.488 e.